The van der Waals surface area contributed by atoms with Crippen LogP contribution >= 0.6 is 0 Å². The number of aliphatic hydroxyl groups is 2. The molecule has 0 aliphatic heterocycles. The lowest BCUT2D eigenvalue weighted by molar-refractivity contribution is -0.187. The normalized spacial score (nSPS) is 13.9. The molecule has 0 fully saturated rings. The second-order valence-electron chi connectivity index (χ2n) is 5.77. The number of rotatable bonds is 5. The molecule has 2 rings (SSSR count). The SMILES string of the molecule is Cn1c(=O)c2c(ncn2C)n(C)c1=O.O=C(O)CC(O)(C(=O)O)C(O)C(=O)O. The Morgan fingerprint density at radius 3 is 2.07 bits per heavy atom. The maximum atomic E-state index is 11.7. The van der Waals surface area contributed by atoms with Crippen molar-refractivity contribution in [2.75, 3.05) is 0 Å². The molecule has 0 aromatic carbocycles. The van der Waals surface area contributed by atoms with Gasteiger partial charge in [-0.15, -0.1) is 0 Å². The first-order chi connectivity index (χ1) is 12.8. The summed E-state index contributed by atoms with van der Waals surface area (Å²) in [5.41, 5.74) is -3.04. The van der Waals surface area contributed by atoms with Crippen molar-refractivity contribution in [1.82, 2.24) is 18.7 Å². The Bertz CT molecular complexity index is 1050. The lowest BCUT2D eigenvalue weighted by Crippen LogP contribution is -2.54. The van der Waals surface area contributed by atoms with E-state index in [2.05, 4.69) is 4.98 Å². The molecule has 0 bridgehead atoms. The molecule has 2 unspecified atom stereocenters. The fraction of sp³-hybridized carbons (Fsp3) is 0.429. The minimum absolute atomic E-state index is 0.317. The van der Waals surface area contributed by atoms with Crippen LogP contribution < -0.4 is 11.2 Å². The molecule has 2 aromatic rings. The predicted octanol–water partition coefficient (Wildman–Crippen LogP) is -3.31. The number of hydrogen-bond donors (Lipinski definition) is 5. The van der Waals surface area contributed by atoms with Gasteiger partial charge in [-0.25, -0.2) is 19.4 Å². The van der Waals surface area contributed by atoms with Crippen LogP contribution in [0, 0.1) is 0 Å². The van der Waals surface area contributed by atoms with Gasteiger partial charge >= 0.3 is 23.6 Å². The van der Waals surface area contributed by atoms with Gasteiger partial charge < -0.3 is 30.1 Å². The molecule has 2 heterocycles. The number of carboxylic acid groups (broad SMARTS) is 3. The molecular weight excluding hydrogens is 384 g/mol. The van der Waals surface area contributed by atoms with Gasteiger partial charge in [0.25, 0.3) is 5.56 Å². The minimum Gasteiger partial charge on any atom is -0.481 e. The summed E-state index contributed by atoms with van der Waals surface area (Å²) in [5.74, 6) is -5.87. The lowest BCUT2D eigenvalue weighted by Gasteiger charge is -2.23. The quantitative estimate of drug-likeness (QED) is 0.334. The van der Waals surface area contributed by atoms with E-state index in [1.807, 2.05) is 0 Å². The monoisotopic (exact) mass is 402 g/mol. The Hall–Kier alpha value is -3.52. The third-order valence-electron chi connectivity index (χ3n) is 3.79. The fourth-order valence-corrected chi connectivity index (χ4v) is 2.20. The van der Waals surface area contributed by atoms with Crippen LogP contribution in [0.15, 0.2) is 15.9 Å². The summed E-state index contributed by atoms with van der Waals surface area (Å²) in [6.45, 7) is 0. The number of carboxylic acids is 3. The zero-order valence-electron chi connectivity index (χ0n) is 14.9. The second kappa shape index (κ2) is 8.01. The Morgan fingerprint density at radius 1 is 1.11 bits per heavy atom. The number of imidazole rings is 1. The maximum absolute atomic E-state index is 11.7. The molecule has 2 aromatic heterocycles. The molecule has 0 radical (unpaired) electrons. The lowest BCUT2D eigenvalue weighted by atomic mass is 9.93. The summed E-state index contributed by atoms with van der Waals surface area (Å²) in [4.78, 5) is 57.8. The van der Waals surface area contributed by atoms with E-state index in [1.54, 1.807) is 18.7 Å². The summed E-state index contributed by atoms with van der Waals surface area (Å²) in [6.07, 6.45) is -2.59. The van der Waals surface area contributed by atoms with Gasteiger partial charge in [-0.1, -0.05) is 0 Å². The number of fused-ring (bicyclic) bond motifs is 1. The Kier molecular flexibility index (Phi) is 6.45. The van der Waals surface area contributed by atoms with Crippen molar-refractivity contribution >= 4 is 29.1 Å². The minimum atomic E-state index is -3.22. The first-order valence-electron chi connectivity index (χ1n) is 7.41. The van der Waals surface area contributed by atoms with Gasteiger partial charge in [0.1, 0.15) is 0 Å². The van der Waals surface area contributed by atoms with Crippen molar-refractivity contribution < 1.29 is 39.9 Å². The van der Waals surface area contributed by atoms with Crippen molar-refractivity contribution in [1.29, 1.82) is 0 Å². The second-order valence-corrected chi connectivity index (χ2v) is 5.77. The summed E-state index contributed by atoms with van der Waals surface area (Å²) in [7, 11) is 4.77. The molecule has 5 N–H and O–H groups in total. The van der Waals surface area contributed by atoms with Gasteiger partial charge in [0, 0.05) is 21.1 Å². The molecule has 2 atom stereocenters. The van der Waals surface area contributed by atoms with Gasteiger partial charge in [0.05, 0.1) is 12.7 Å². The van der Waals surface area contributed by atoms with Gasteiger partial charge in [-0.2, -0.15) is 0 Å². The van der Waals surface area contributed by atoms with Crippen LogP contribution in [0.1, 0.15) is 6.42 Å². The van der Waals surface area contributed by atoms with E-state index in [0.717, 1.165) is 4.57 Å². The van der Waals surface area contributed by atoms with Crippen LogP contribution in [0.2, 0.25) is 0 Å². The van der Waals surface area contributed by atoms with E-state index in [-0.39, 0.29) is 11.2 Å². The molecule has 0 aliphatic rings. The number of aliphatic hydroxyl groups excluding tert-OH is 1. The number of aryl methyl sites for hydroxylation is 2. The molecule has 0 aliphatic carbocycles. The number of aliphatic carboxylic acids is 3. The van der Waals surface area contributed by atoms with E-state index in [0.29, 0.717) is 11.2 Å². The summed E-state index contributed by atoms with van der Waals surface area (Å²) in [5, 5.41) is 42.6. The van der Waals surface area contributed by atoms with E-state index in [1.165, 1.54) is 17.9 Å². The molecule has 14 heteroatoms. The topological polar surface area (TPSA) is 214 Å². The highest BCUT2D eigenvalue weighted by Gasteiger charge is 2.49. The third kappa shape index (κ3) is 4.07. The highest BCUT2D eigenvalue weighted by molar-refractivity contribution is 5.90. The fourth-order valence-electron chi connectivity index (χ4n) is 2.20. The van der Waals surface area contributed by atoms with Gasteiger partial charge in [0.15, 0.2) is 17.3 Å². The van der Waals surface area contributed by atoms with Crippen molar-refractivity contribution in [3.05, 3.63) is 27.2 Å². The third-order valence-corrected chi connectivity index (χ3v) is 3.79. The highest BCUT2D eigenvalue weighted by Crippen LogP contribution is 2.16. The van der Waals surface area contributed by atoms with Crippen LogP contribution in [0.25, 0.3) is 11.2 Å². The molecule has 0 saturated carbocycles. The van der Waals surface area contributed by atoms with E-state index in [4.69, 9.17) is 25.5 Å². The van der Waals surface area contributed by atoms with Gasteiger partial charge in [-0.05, 0) is 0 Å². The van der Waals surface area contributed by atoms with Crippen molar-refractivity contribution in [3.63, 3.8) is 0 Å². The van der Waals surface area contributed by atoms with Crippen LogP contribution in [0.3, 0.4) is 0 Å². The molecule has 0 saturated heterocycles. The average molecular weight is 402 g/mol. The standard InChI is InChI=1S/C8H10N4O2.C6H8O8/c1-10-4-9-6-5(10)7(13)12(3)8(14)11(6)2;7-2(8)1-6(14,5(12)13)3(9)4(10)11/h4H,1-3H3;3,9,14H,1H2,(H,7,8)(H,10,11)(H,12,13). The zero-order valence-corrected chi connectivity index (χ0v) is 14.9. The average Bonchev–Trinajstić information content (AvgIpc) is 2.98. The van der Waals surface area contributed by atoms with Crippen molar-refractivity contribution in [2.24, 2.45) is 21.1 Å². The smallest absolute Gasteiger partial charge is 0.339 e. The Morgan fingerprint density at radius 2 is 1.64 bits per heavy atom. The number of hydrogen-bond acceptors (Lipinski definition) is 8. The van der Waals surface area contributed by atoms with Gasteiger partial charge in [-0.3, -0.25) is 18.7 Å². The Balaban J connectivity index is 0.000000280. The molecule has 28 heavy (non-hydrogen) atoms. The zero-order chi connectivity index (χ0) is 22.0. The van der Waals surface area contributed by atoms with E-state index in [9.17, 15) is 24.0 Å². The number of nitrogens with zero attached hydrogens (tertiary/aromatic N) is 4. The number of carbonyl (C=O) groups is 3. The van der Waals surface area contributed by atoms with E-state index < -0.39 is 36.0 Å². The van der Waals surface area contributed by atoms with Gasteiger partial charge in [0.2, 0.25) is 5.60 Å². The van der Waals surface area contributed by atoms with Crippen LogP contribution in [0.5, 0.6) is 0 Å². The highest BCUT2D eigenvalue weighted by atomic mass is 16.4. The van der Waals surface area contributed by atoms with E-state index >= 15 is 0 Å². The first kappa shape index (κ1) is 22.5. The molecule has 0 spiro atoms. The van der Waals surface area contributed by atoms with Crippen LogP contribution in [-0.2, 0) is 35.5 Å². The summed E-state index contributed by atoms with van der Waals surface area (Å²) in [6, 6.07) is 0. The van der Waals surface area contributed by atoms with Crippen LogP contribution in [-0.4, -0.2) is 73.8 Å². The number of aromatic nitrogens is 4. The van der Waals surface area contributed by atoms with Crippen molar-refractivity contribution in [2.45, 2.75) is 18.1 Å². The first-order valence-corrected chi connectivity index (χ1v) is 7.41. The summed E-state index contributed by atoms with van der Waals surface area (Å²) >= 11 is 0. The molecule has 154 valence electrons. The predicted molar refractivity (Wildman–Crippen MR) is 89.7 cm³/mol. The van der Waals surface area contributed by atoms with Crippen LogP contribution in [0.4, 0.5) is 0 Å². The molecule has 0 amide bonds. The largest absolute Gasteiger partial charge is 0.481 e. The molecular formula is C14H18N4O10. The molecule has 14 nitrogen and oxygen atoms in total. The van der Waals surface area contributed by atoms with Crippen molar-refractivity contribution in [3.8, 4) is 0 Å². The maximum Gasteiger partial charge on any atom is 0.339 e. The summed E-state index contributed by atoms with van der Waals surface area (Å²) < 4.78 is 4.04. The Labute approximate surface area is 155 Å².